The van der Waals surface area contributed by atoms with Crippen molar-refractivity contribution in [1.82, 2.24) is 39.5 Å². The van der Waals surface area contributed by atoms with Gasteiger partial charge >= 0.3 is 0 Å². The van der Waals surface area contributed by atoms with Gasteiger partial charge in [0.1, 0.15) is 17.7 Å². The highest BCUT2D eigenvalue weighted by Crippen LogP contribution is 2.38. The highest BCUT2D eigenvalue weighted by Gasteiger charge is 2.42. The molecule has 3 fully saturated rings. The number of carbonyl (C=O) groups is 5. The van der Waals surface area contributed by atoms with Gasteiger partial charge in [-0.05, 0) is 84.5 Å². The van der Waals surface area contributed by atoms with Crippen LogP contribution in [0.25, 0.3) is 11.1 Å². The zero-order valence-corrected chi connectivity index (χ0v) is 37.1. The van der Waals surface area contributed by atoms with E-state index in [2.05, 4.69) is 35.7 Å². The Bertz CT molecular complexity index is 2680. The van der Waals surface area contributed by atoms with Gasteiger partial charge < -0.3 is 19.7 Å². The van der Waals surface area contributed by atoms with Gasteiger partial charge in [0, 0.05) is 92.9 Å². The number of rotatable bonds is 12. The molecule has 3 aromatic carbocycles. The molecule has 2 atom stereocenters. The molecule has 5 aliphatic heterocycles. The smallest absolute Gasteiger partial charge is 0.255 e. The minimum atomic E-state index is -1.05. The molecule has 18 heteroatoms. The summed E-state index contributed by atoms with van der Waals surface area (Å²) in [5.74, 6) is -2.35. The van der Waals surface area contributed by atoms with Gasteiger partial charge in [0.2, 0.25) is 17.7 Å². The maximum absolute atomic E-state index is 15.9. The quantitative estimate of drug-likeness (QED) is 0.140. The first-order valence-corrected chi connectivity index (χ1v) is 23.5. The van der Waals surface area contributed by atoms with Gasteiger partial charge in [0.05, 0.1) is 25.1 Å². The molecule has 0 bridgehead atoms. The zero-order valence-electron chi connectivity index (χ0n) is 36.3. The number of hydrogen-bond donors (Lipinski definition) is 3. The third-order valence-electron chi connectivity index (χ3n) is 13.7. The maximum atomic E-state index is 15.9. The van der Waals surface area contributed by atoms with Crippen molar-refractivity contribution in [2.75, 3.05) is 56.4 Å². The summed E-state index contributed by atoms with van der Waals surface area (Å²) in [6.07, 6.45) is 6.87. The van der Waals surface area contributed by atoms with Crippen molar-refractivity contribution in [2.24, 2.45) is 0 Å². The van der Waals surface area contributed by atoms with Gasteiger partial charge in [-0.15, -0.1) is 11.3 Å². The Labute approximate surface area is 384 Å². The number of piperidine rings is 2. The van der Waals surface area contributed by atoms with E-state index in [1.54, 1.807) is 36.1 Å². The van der Waals surface area contributed by atoms with Crippen LogP contribution in [0.3, 0.4) is 0 Å². The van der Waals surface area contributed by atoms with Crippen LogP contribution in [-0.2, 0) is 45.2 Å². The Morgan fingerprint density at radius 1 is 0.848 bits per heavy atom. The van der Waals surface area contributed by atoms with E-state index < -0.39 is 35.6 Å². The Morgan fingerprint density at radius 2 is 1.64 bits per heavy atom. The first-order valence-electron chi connectivity index (χ1n) is 22.6. The summed E-state index contributed by atoms with van der Waals surface area (Å²) in [5, 5.41) is 10.3. The molecule has 7 heterocycles. The average Bonchev–Trinajstić information content (AvgIpc) is 4.14. The summed E-state index contributed by atoms with van der Waals surface area (Å²) < 4.78 is 33.2. The fraction of sp³-hybridized carbons (Fsp3) is 0.396. The van der Waals surface area contributed by atoms with Gasteiger partial charge in [-0.3, -0.25) is 44.4 Å². The van der Waals surface area contributed by atoms with Crippen LogP contribution in [0.5, 0.6) is 0 Å². The monoisotopic (exact) mass is 916 g/mol. The van der Waals surface area contributed by atoms with Crippen LogP contribution in [0.4, 0.5) is 19.6 Å². The standard InChI is InChI=1S/C48H50F2N10O5S/c49-37-23-32(22-35-36(37)26-60(47(35)65)44(46(64)55-48-51-13-21-66-48)43-40-2-1-14-59(40)28-52-43)30-5-3-29(4-6-30)25-56-17-19-57(20-18-56)27-42(62)58-15-11-31(12-16-58)34-8-7-33(24-38(34)50)53-39-9-10-41(61)54-45(39)63/h3-8,13,21-24,28,31,39,44,53H,1-2,9-12,14-20,25-27H2,(H,51,55,64)(H,54,61,63). The second-order valence-corrected chi connectivity index (χ2v) is 18.7. The number of piperazine rings is 1. The van der Waals surface area contributed by atoms with Gasteiger partial charge in [-0.1, -0.05) is 30.3 Å². The number of aromatic nitrogens is 3. The van der Waals surface area contributed by atoms with Gasteiger partial charge in [-0.2, -0.15) is 0 Å². The molecule has 10 rings (SSSR count). The molecule has 3 N–H and O–H groups in total. The molecule has 5 aromatic rings. The van der Waals surface area contributed by atoms with Crippen LogP contribution in [-0.4, -0.2) is 116 Å². The fourth-order valence-corrected chi connectivity index (χ4v) is 10.6. The number of nitrogens with zero attached hydrogens (tertiary/aromatic N) is 7. The van der Waals surface area contributed by atoms with E-state index in [0.29, 0.717) is 73.1 Å². The molecular weight excluding hydrogens is 867 g/mol. The number of nitrogens with one attached hydrogen (secondary N) is 3. The van der Waals surface area contributed by atoms with Crippen LogP contribution >= 0.6 is 11.3 Å². The van der Waals surface area contributed by atoms with E-state index in [1.165, 1.54) is 28.4 Å². The predicted octanol–water partition coefficient (Wildman–Crippen LogP) is 5.31. The largest absolute Gasteiger partial charge is 0.374 e. The molecule has 0 saturated carbocycles. The molecule has 2 unspecified atom stereocenters. The molecule has 2 aromatic heterocycles. The Morgan fingerprint density at radius 3 is 2.38 bits per heavy atom. The molecule has 342 valence electrons. The number of halogens is 2. The summed E-state index contributed by atoms with van der Waals surface area (Å²) in [6.45, 7) is 6.00. The van der Waals surface area contributed by atoms with Gasteiger partial charge in [0.15, 0.2) is 11.2 Å². The summed E-state index contributed by atoms with van der Waals surface area (Å²) in [7, 11) is 0. The lowest BCUT2D eigenvalue weighted by Gasteiger charge is -2.37. The minimum Gasteiger partial charge on any atom is -0.374 e. The van der Waals surface area contributed by atoms with Crippen LogP contribution in [0.2, 0.25) is 0 Å². The molecule has 3 saturated heterocycles. The Balaban J connectivity index is 0.705. The lowest BCUT2D eigenvalue weighted by molar-refractivity contribution is -0.135. The maximum Gasteiger partial charge on any atom is 0.255 e. The molecule has 66 heavy (non-hydrogen) atoms. The summed E-state index contributed by atoms with van der Waals surface area (Å²) >= 11 is 1.28. The van der Waals surface area contributed by atoms with Crippen molar-refractivity contribution in [3.63, 3.8) is 0 Å². The van der Waals surface area contributed by atoms with E-state index in [4.69, 9.17) is 0 Å². The SMILES string of the molecule is O=C1CCC(Nc2ccc(C3CCN(C(=O)CN4CCN(Cc5ccc(-c6cc(F)c7c(c6)C(=O)N(C(C(=O)Nc6nccs6)c6ncn8c6CCC8)C7)cc5)CC4)CC3)c(F)c2)C(=O)N1. The number of imide groups is 1. The Kier molecular flexibility index (Phi) is 12.2. The molecule has 15 nitrogen and oxygen atoms in total. The molecule has 5 amide bonds. The summed E-state index contributed by atoms with van der Waals surface area (Å²) in [4.78, 5) is 81.5. The minimum absolute atomic E-state index is 0.00989. The van der Waals surface area contributed by atoms with E-state index >= 15 is 8.78 Å². The average molecular weight is 917 g/mol. The number of anilines is 2. The van der Waals surface area contributed by atoms with E-state index in [-0.39, 0.29) is 47.6 Å². The van der Waals surface area contributed by atoms with Crippen molar-refractivity contribution in [3.05, 3.63) is 118 Å². The summed E-state index contributed by atoms with van der Waals surface area (Å²) in [6, 6.07) is 14.4. The van der Waals surface area contributed by atoms with Crippen LogP contribution < -0.4 is 16.0 Å². The number of likely N-dealkylation sites (tertiary alicyclic amines) is 1. The molecule has 0 spiro atoms. The highest BCUT2D eigenvalue weighted by atomic mass is 32.1. The van der Waals surface area contributed by atoms with Crippen molar-refractivity contribution in [2.45, 2.75) is 76.2 Å². The van der Waals surface area contributed by atoms with Crippen LogP contribution in [0, 0.1) is 11.6 Å². The van der Waals surface area contributed by atoms with Gasteiger partial charge in [0.25, 0.3) is 11.8 Å². The van der Waals surface area contributed by atoms with Gasteiger partial charge in [-0.25, -0.2) is 18.7 Å². The number of benzene rings is 3. The number of amides is 5. The first kappa shape index (κ1) is 43.5. The van der Waals surface area contributed by atoms with Crippen molar-refractivity contribution < 1.29 is 32.8 Å². The highest BCUT2D eigenvalue weighted by molar-refractivity contribution is 7.13. The fourth-order valence-electron chi connectivity index (χ4n) is 10.0. The lowest BCUT2D eigenvalue weighted by Crippen LogP contribution is -2.50. The van der Waals surface area contributed by atoms with Crippen molar-refractivity contribution >= 4 is 51.7 Å². The predicted molar refractivity (Wildman–Crippen MR) is 242 cm³/mol. The lowest BCUT2D eigenvalue weighted by atomic mass is 9.88. The number of carbonyl (C=O) groups excluding carboxylic acids is 5. The van der Waals surface area contributed by atoms with E-state index in [0.717, 1.165) is 62.4 Å². The number of thiazole rings is 1. The third kappa shape index (κ3) is 8.96. The van der Waals surface area contributed by atoms with Crippen molar-refractivity contribution in [1.29, 1.82) is 0 Å². The zero-order chi connectivity index (χ0) is 45.5. The molecular formula is C48H50F2N10O5S. The number of aryl methyl sites for hydroxylation is 1. The number of fused-ring (bicyclic) bond motifs is 2. The summed E-state index contributed by atoms with van der Waals surface area (Å²) in [5.41, 5.74) is 5.44. The molecule has 0 aliphatic carbocycles. The number of hydrogen-bond acceptors (Lipinski definition) is 11. The Hall–Kier alpha value is -6.37. The first-order chi connectivity index (χ1) is 32.0. The van der Waals surface area contributed by atoms with E-state index in [1.807, 2.05) is 33.7 Å². The normalized spacial score (nSPS) is 19.7. The number of imidazole rings is 1. The van der Waals surface area contributed by atoms with Crippen molar-refractivity contribution in [3.8, 4) is 11.1 Å². The second kappa shape index (κ2) is 18.5. The molecule has 0 radical (unpaired) electrons. The molecule has 5 aliphatic rings. The van der Waals surface area contributed by atoms with E-state index in [9.17, 15) is 24.0 Å². The van der Waals surface area contributed by atoms with Crippen LogP contribution in [0.1, 0.15) is 82.5 Å². The van der Waals surface area contributed by atoms with Crippen LogP contribution in [0.15, 0.2) is 72.5 Å². The topological polar surface area (TPSA) is 165 Å². The third-order valence-corrected chi connectivity index (χ3v) is 14.4. The second-order valence-electron chi connectivity index (χ2n) is 17.8.